The maximum atomic E-state index is 13.9. The number of likely N-dealkylation sites (N-methyl/N-ethyl adjacent to an activating group) is 1. The van der Waals surface area contributed by atoms with Crippen LogP contribution in [0, 0.1) is 0 Å². The summed E-state index contributed by atoms with van der Waals surface area (Å²) in [5.41, 5.74) is 3.75. The van der Waals surface area contributed by atoms with Gasteiger partial charge in [-0.3, -0.25) is 9.59 Å². The minimum absolute atomic E-state index is 0.103. The summed E-state index contributed by atoms with van der Waals surface area (Å²) in [7, 11) is 1.76. The quantitative estimate of drug-likeness (QED) is 0.479. The number of nitrogens with zero attached hydrogens (tertiary/aromatic N) is 1. The second-order valence-electron chi connectivity index (χ2n) is 8.56. The summed E-state index contributed by atoms with van der Waals surface area (Å²) >= 11 is 0. The molecular weight excluding hydrogens is 430 g/mol. The standard InChI is InChI=1S/C27H23N3O4/c1-30-25(20-15-28-21-9-5-4-6-17(20)21)24(18-7-2-3-8-19(18)27(30)32)26(31)29-16-10-11-22-23(14-16)34-13-12-33-22/h2-11,14-15,24-25,28H,12-13H2,1H3,(H,29,31). The number of anilines is 1. The summed E-state index contributed by atoms with van der Waals surface area (Å²) in [5.74, 6) is 0.363. The number of carbonyl (C=O) groups excluding carboxylic acids is 2. The van der Waals surface area contributed by atoms with E-state index in [1.165, 1.54) is 0 Å². The normalized spacial score (nSPS) is 19.1. The molecule has 0 fully saturated rings. The smallest absolute Gasteiger partial charge is 0.254 e. The third-order valence-electron chi connectivity index (χ3n) is 6.61. The third kappa shape index (κ3) is 3.20. The molecule has 7 nitrogen and oxygen atoms in total. The van der Waals surface area contributed by atoms with E-state index in [2.05, 4.69) is 10.3 Å². The number of ether oxygens (including phenoxy) is 2. The molecule has 2 atom stereocenters. The molecule has 3 heterocycles. The number of aromatic nitrogens is 1. The highest BCUT2D eigenvalue weighted by Gasteiger charge is 2.43. The fourth-order valence-corrected chi connectivity index (χ4v) is 5.03. The predicted octanol–water partition coefficient (Wildman–Crippen LogP) is 4.49. The number of H-pyrrole nitrogens is 1. The van der Waals surface area contributed by atoms with Crippen LogP contribution < -0.4 is 14.8 Å². The highest BCUT2D eigenvalue weighted by Crippen LogP contribution is 2.44. The van der Waals surface area contributed by atoms with Crippen molar-refractivity contribution in [2.24, 2.45) is 0 Å². The summed E-state index contributed by atoms with van der Waals surface area (Å²) in [6, 6.07) is 20.2. The first-order chi connectivity index (χ1) is 16.6. The third-order valence-corrected chi connectivity index (χ3v) is 6.61. The van der Waals surface area contributed by atoms with Crippen molar-refractivity contribution in [2.75, 3.05) is 25.6 Å². The minimum atomic E-state index is -0.605. The van der Waals surface area contributed by atoms with Crippen LogP contribution in [0.4, 0.5) is 5.69 Å². The van der Waals surface area contributed by atoms with Crippen molar-refractivity contribution in [3.63, 3.8) is 0 Å². The van der Waals surface area contributed by atoms with Crippen LogP contribution in [-0.2, 0) is 4.79 Å². The molecular formula is C27H23N3O4. The number of amides is 2. The second-order valence-corrected chi connectivity index (χ2v) is 8.56. The second kappa shape index (κ2) is 7.95. The van der Waals surface area contributed by atoms with Gasteiger partial charge in [0, 0.05) is 47.0 Å². The van der Waals surface area contributed by atoms with E-state index in [4.69, 9.17) is 9.47 Å². The highest BCUT2D eigenvalue weighted by atomic mass is 16.6. The lowest BCUT2D eigenvalue weighted by atomic mass is 9.79. The van der Waals surface area contributed by atoms with Crippen LogP contribution in [0.5, 0.6) is 11.5 Å². The molecule has 0 aliphatic carbocycles. The first kappa shape index (κ1) is 20.4. The number of hydrogen-bond donors (Lipinski definition) is 2. The topological polar surface area (TPSA) is 83.7 Å². The SMILES string of the molecule is CN1C(=O)c2ccccc2C(C(=O)Nc2ccc3c(c2)OCCO3)C1c1c[nH]c2ccccc12. The van der Waals surface area contributed by atoms with Crippen LogP contribution in [0.25, 0.3) is 10.9 Å². The number of hydrogen-bond acceptors (Lipinski definition) is 4. The van der Waals surface area contributed by atoms with E-state index < -0.39 is 12.0 Å². The maximum absolute atomic E-state index is 13.9. The van der Waals surface area contributed by atoms with Crippen molar-refractivity contribution < 1.29 is 19.1 Å². The van der Waals surface area contributed by atoms with Gasteiger partial charge in [0.05, 0.1) is 12.0 Å². The molecule has 0 spiro atoms. The van der Waals surface area contributed by atoms with Gasteiger partial charge in [-0.15, -0.1) is 0 Å². The number of para-hydroxylation sites is 1. The van der Waals surface area contributed by atoms with E-state index in [0.29, 0.717) is 36.0 Å². The number of benzene rings is 3. The molecule has 3 aromatic carbocycles. The molecule has 7 heteroatoms. The zero-order chi connectivity index (χ0) is 23.2. The average Bonchev–Trinajstić information content (AvgIpc) is 3.29. The maximum Gasteiger partial charge on any atom is 0.254 e. The van der Waals surface area contributed by atoms with Crippen molar-refractivity contribution in [3.8, 4) is 11.5 Å². The van der Waals surface area contributed by atoms with E-state index in [9.17, 15) is 9.59 Å². The summed E-state index contributed by atoms with van der Waals surface area (Å²) in [5, 5.41) is 4.04. The molecule has 0 saturated heterocycles. The molecule has 2 N–H and O–H groups in total. The number of fused-ring (bicyclic) bond motifs is 3. The van der Waals surface area contributed by atoms with Crippen LogP contribution in [0.1, 0.15) is 33.4 Å². The Morgan fingerprint density at radius 2 is 1.74 bits per heavy atom. The van der Waals surface area contributed by atoms with E-state index in [1.807, 2.05) is 48.7 Å². The van der Waals surface area contributed by atoms with Crippen LogP contribution >= 0.6 is 0 Å². The minimum Gasteiger partial charge on any atom is -0.486 e. The Kier molecular flexibility index (Phi) is 4.76. The summed E-state index contributed by atoms with van der Waals surface area (Å²) < 4.78 is 11.3. The number of rotatable bonds is 3. The van der Waals surface area contributed by atoms with Gasteiger partial charge in [0.1, 0.15) is 13.2 Å². The molecule has 2 aliphatic heterocycles. The fraction of sp³-hybridized carbons (Fsp3) is 0.185. The monoisotopic (exact) mass is 453 g/mol. The van der Waals surface area contributed by atoms with Crippen LogP contribution in [0.2, 0.25) is 0 Å². The highest BCUT2D eigenvalue weighted by molar-refractivity contribution is 6.05. The van der Waals surface area contributed by atoms with Gasteiger partial charge < -0.3 is 24.7 Å². The lowest BCUT2D eigenvalue weighted by Gasteiger charge is -2.39. The first-order valence-electron chi connectivity index (χ1n) is 11.2. The summed E-state index contributed by atoms with van der Waals surface area (Å²) in [4.78, 5) is 32.1. The molecule has 34 heavy (non-hydrogen) atoms. The zero-order valence-electron chi connectivity index (χ0n) is 18.6. The Hall–Kier alpha value is -4.26. The first-order valence-corrected chi connectivity index (χ1v) is 11.2. The van der Waals surface area contributed by atoms with Gasteiger partial charge in [-0.25, -0.2) is 0 Å². The molecule has 170 valence electrons. The van der Waals surface area contributed by atoms with Crippen molar-refractivity contribution in [1.29, 1.82) is 0 Å². The van der Waals surface area contributed by atoms with Gasteiger partial charge in [0.25, 0.3) is 5.91 Å². The zero-order valence-corrected chi connectivity index (χ0v) is 18.6. The Labute approximate surface area is 196 Å². The molecule has 0 saturated carbocycles. The fourth-order valence-electron chi connectivity index (χ4n) is 5.03. The van der Waals surface area contributed by atoms with Crippen molar-refractivity contribution >= 4 is 28.4 Å². The van der Waals surface area contributed by atoms with Crippen molar-refractivity contribution in [2.45, 2.75) is 12.0 Å². The van der Waals surface area contributed by atoms with E-state index in [0.717, 1.165) is 22.0 Å². The van der Waals surface area contributed by atoms with E-state index in [-0.39, 0.29) is 11.8 Å². The Morgan fingerprint density at radius 1 is 0.971 bits per heavy atom. The molecule has 0 bridgehead atoms. The number of nitrogens with one attached hydrogen (secondary N) is 2. The van der Waals surface area contributed by atoms with Gasteiger partial charge in [0.2, 0.25) is 5.91 Å². The summed E-state index contributed by atoms with van der Waals surface area (Å²) in [6.45, 7) is 0.972. The Morgan fingerprint density at radius 3 is 2.62 bits per heavy atom. The molecule has 0 radical (unpaired) electrons. The van der Waals surface area contributed by atoms with Gasteiger partial charge >= 0.3 is 0 Å². The van der Waals surface area contributed by atoms with Gasteiger partial charge in [-0.05, 0) is 29.8 Å². The lowest BCUT2D eigenvalue weighted by Crippen LogP contribution is -2.44. The molecule has 2 aliphatic rings. The van der Waals surface area contributed by atoms with Crippen LogP contribution in [0.3, 0.4) is 0 Å². The van der Waals surface area contributed by atoms with Gasteiger partial charge in [-0.1, -0.05) is 36.4 Å². The van der Waals surface area contributed by atoms with Gasteiger partial charge in [-0.2, -0.15) is 0 Å². The average molecular weight is 453 g/mol. The van der Waals surface area contributed by atoms with E-state index >= 15 is 0 Å². The summed E-state index contributed by atoms with van der Waals surface area (Å²) in [6.07, 6.45) is 1.90. The molecule has 2 amide bonds. The van der Waals surface area contributed by atoms with Crippen molar-refractivity contribution in [1.82, 2.24) is 9.88 Å². The van der Waals surface area contributed by atoms with Crippen LogP contribution in [0.15, 0.2) is 72.9 Å². The molecule has 4 aromatic rings. The van der Waals surface area contributed by atoms with Crippen LogP contribution in [-0.4, -0.2) is 42.0 Å². The molecule has 6 rings (SSSR count). The predicted molar refractivity (Wildman–Crippen MR) is 128 cm³/mol. The van der Waals surface area contributed by atoms with E-state index in [1.54, 1.807) is 36.2 Å². The lowest BCUT2D eigenvalue weighted by molar-refractivity contribution is -0.119. The Bertz CT molecular complexity index is 1430. The van der Waals surface area contributed by atoms with Gasteiger partial charge in [0.15, 0.2) is 11.5 Å². The number of carbonyl (C=O) groups is 2. The number of aromatic amines is 1. The molecule has 1 aromatic heterocycles. The molecule has 2 unspecified atom stereocenters. The Balaban J connectivity index is 1.44. The largest absolute Gasteiger partial charge is 0.486 e. The van der Waals surface area contributed by atoms with Crippen molar-refractivity contribution in [3.05, 3.63) is 89.6 Å².